The third-order valence-electron chi connectivity index (χ3n) is 7.81. The first-order valence-electron chi connectivity index (χ1n) is 10.9. The molecule has 0 aromatic heterocycles. The molecule has 0 nitrogen and oxygen atoms in total. The molecule has 0 saturated carbocycles. The van der Waals surface area contributed by atoms with Gasteiger partial charge in [0.1, 0.15) is 0 Å². The molecule has 0 spiro atoms. The Balaban J connectivity index is 0.00000171. The summed E-state index contributed by atoms with van der Waals surface area (Å²) in [5, 5.41) is 0. The second-order valence-electron chi connectivity index (χ2n) is 10.4. The van der Waals surface area contributed by atoms with Crippen molar-refractivity contribution in [1.82, 2.24) is 0 Å². The molecule has 2 aromatic carbocycles. The van der Waals surface area contributed by atoms with Crippen LogP contribution in [0.4, 0.5) is 0 Å². The van der Waals surface area contributed by atoms with E-state index in [9.17, 15) is 0 Å². The van der Waals surface area contributed by atoms with Crippen LogP contribution in [0.2, 0.25) is 9.26 Å². The Morgan fingerprint density at radius 1 is 0.806 bits per heavy atom. The number of fused-ring (bicyclic) bond motifs is 1. The molecule has 0 aliphatic heterocycles. The van der Waals surface area contributed by atoms with E-state index < -0.39 is 15.7 Å². The van der Waals surface area contributed by atoms with Gasteiger partial charge in [-0.15, -0.1) is 24.8 Å². The topological polar surface area (TPSA) is 0 Å². The number of allylic oxidation sites excluding steroid dienone is 5. The zero-order valence-corrected chi connectivity index (χ0v) is 26.9. The van der Waals surface area contributed by atoms with Gasteiger partial charge in [0.25, 0.3) is 0 Å². The van der Waals surface area contributed by atoms with Gasteiger partial charge in [-0.05, 0) is 0 Å². The number of rotatable bonds is 3. The smallest absolute Gasteiger partial charge is 0.147 e. The molecule has 2 aliphatic rings. The van der Waals surface area contributed by atoms with E-state index in [1.807, 2.05) is 3.28 Å². The van der Waals surface area contributed by atoms with Crippen LogP contribution in [-0.4, -0.2) is 12.1 Å². The summed E-state index contributed by atoms with van der Waals surface area (Å²) in [5.41, 5.74) is 12.2. The second kappa shape index (κ2) is 9.13. The van der Waals surface area contributed by atoms with Crippen molar-refractivity contribution in [3.05, 3.63) is 85.2 Å². The van der Waals surface area contributed by atoms with Gasteiger partial charge >= 0.3 is 184 Å². The van der Waals surface area contributed by atoms with Gasteiger partial charge in [0.15, 0.2) is 0 Å². The van der Waals surface area contributed by atoms with Crippen molar-refractivity contribution in [3.63, 3.8) is 0 Å². The maximum atomic E-state index is 2.74. The molecule has 0 N–H and O–H groups in total. The van der Waals surface area contributed by atoms with Gasteiger partial charge in [0, 0.05) is 0 Å². The fourth-order valence-electron chi connectivity index (χ4n) is 6.50. The Kier molecular flexibility index (Phi) is 7.93. The molecule has 31 heavy (non-hydrogen) atoms. The summed E-state index contributed by atoms with van der Waals surface area (Å²) in [6, 6.07) is 17.9. The van der Waals surface area contributed by atoms with Crippen molar-refractivity contribution in [2.24, 2.45) is 5.92 Å². The molecule has 2 unspecified atom stereocenters. The predicted octanol–water partition coefficient (Wildman–Crippen LogP) is 8.25. The van der Waals surface area contributed by atoms with E-state index >= 15 is 0 Å². The van der Waals surface area contributed by atoms with Gasteiger partial charge in [-0.1, -0.05) is 0 Å². The van der Waals surface area contributed by atoms with Crippen LogP contribution in [0.15, 0.2) is 74.1 Å². The maximum Gasteiger partial charge on any atom is -0.147 e. The summed E-state index contributed by atoms with van der Waals surface area (Å²) in [6.45, 7) is 12.0. The molecular formula is C27H36Cl2GeZr. The van der Waals surface area contributed by atoms with Crippen LogP contribution < -0.4 is 0 Å². The van der Waals surface area contributed by atoms with Gasteiger partial charge in [0.05, 0.1) is 0 Å². The molecule has 0 saturated heterocycles. The van der Waals surface area contributed by atoms with E-state index in [-0.39, 0.29) is 24.8 Å². The Bertz CT molecular complexity index is 1180. The van der Waals surface area contributed by atoms with Crippen LogP contribution in [0.1, 0.15) is 49.4 Å². The first-order valence-corrected chi connectivity index (χ1v) is 28.9. The number of halogens is 2. The fourth-order valence-corrected chi connectivity index (χ4v) is 35.5. The Labute approximate surface area is 206 Å². The minimum absolute atomic E-state index is 0. The largest absolute Gasteiger partial charge is 0.147 e. The van der Waals surface area contributed by atoms with E-state index in [2.05, 4.69) is 98.5 Å². The molecule has 0 fully saturated rings. The van der Waals surface area contributed by atoms with Gasteiger partial charge in [-0.25, -0.2) is 0 Å². The Morgan fingerprint density at radius 2 is 1.42 bits per heavy atom. The summed E-state index contributed by atoms with van der Waals surface area (Å²) in [4.78, 5) is 0. The summed E-state index contributed by atoms with van der Waals surface area (Å²) >= 11 is -1.75. The quantitative estimate of drug-likeness (QED) is 0.314. The van der Waals surface area contributed by atoms with Crippen molar-refractivity contribution < 1.29 is 15.7 Å². The van der Waals surface area contributed by atoms with Gasteiger partial charge < -0.3 is 0 Å². The van der Waals surface area contributed by atoms with Crippen molar-refractivity contribution in [1.29, 1.82) is 0 Å². The summed E-state index contributed by atoms with van der Waals surface area (Å²) in [5.74, 6) is 0.624. The summed E-state index contributed by atoms with van der Waals surface area (Å²) in [7, 11) is 0. The normalized spacial score (nSPS) is 20.8. The molecule has 0 heterocycles. The van der Waals surface area contributed by atoms with Crippen LogP contribution in [0, 0.1) is 5.92 Å². The number of benzene rings is 2. The minimum atomic E-state index is -3.20. The molecule has 0 bridgehead atoms. The number of hydrogen-bond donors (Lipinski definition) is 0. The molecule has 4 rings (SSSR count). The minimum Gasteiger partial charge on any atom is -0.147 e. The van der Waals surface area contributed by atoms with E-state index in [4.69, 9.17) is 0 Å². The average molecular weight is 595 g/mol. The zero-order chi connectivity index (χ0) is 21.2. The third kappa shape index (κ3) is 4.18. The molecule has 0 amide bonds. The fraction of sp³-hybridized carbons (Fsp3) is 0.333. The van der Waals surface area contributed by atoms with Crippen LogP contribution in [0.5, 0.6) is 0 Å². The molecular weight excluding hydrogens is 559 g/mol. The standard InChI is InChI=1S/C16H13.C9H13.2CH3.2ClH.GeH2.Zr/c1-12-10-14-8-5-9-15(16(14)11-12)13-6-3-2-4-7-13;1-6-5-7(2)9(4)8(6)3;;;;;;/h2-11H,1H3;6H,1-4H3;2*1H3;2*1H;1H2;. The first kappa shape index (κ1) is 26.9. The predicted molar refractivity (Wildman–Crippen MR) is 143 cm³/mol. The van der Waals surface area contributed by atoms with Gasteiger partial charge in [-0.2, -0.15) is 0 Å². The van der Waals surface area contributed by atoms with Crippen LogP contribution in [-0.2, 0) is 15.7 Å². The van der Waals surface area contributed by atoms with Crippen LogP contribution in [0.25, 0.3) is 17.2 Å². The maximum absolute atomic E-state index is 3.20. The number of hydrogen-bond acceptors (Lipinski definition) is 0. The zero-order valence-electron chi connectivity index (χ0n) is 19.9. The summed E-state index contributed by atoms with van der Waals surface area (Å²) < 4.78 is 8.00. The Hall–Kier alpha value is -0.334. The van der Waals surface area contributed by atoms with Crippen molar-refractivity contribution >= 4 is 43.0 Å². The first-order chi connectivity index (χ1) is 13.5. The van der Waals surface area contributed by atoms with E-state index in [0.717, 1.165) is 0 Å². The van der Waals surface area contributed by atoms with E-state index in [0.29, 0.717) is 9.54 Å². The van der Waals surface area contributed by atoms with Crippen LogP contribution in [0.3, 0.4) is 0 Å². The Morgan fingerprint density at radius 3 is 1.97 bits per heavy atom. The molecule has 166 valence electrons. The molecule has 2 aliphatic carbocycles. The molecule has 2 atom stereocenters. The average Bonchev–Trinajstić information content (AvgIpc) is 3.12. The van der Waals surface area contributed by atoms with Crippen molar-refractivity contribution in [3.8, 4) is 11.1 Å². The van der Waals surface area contributed by atoms with Gasteiger partial charge in [0.2, 0.25) is 0 Å². The second-order valence-corrected chi connectivity index (χ2v) is 53.9. The van der Waals surface area contributed by atoms with Gasteiger partial charge in [-0.3, -0.25) is 0 Å². The molecule has 2 aromatic rings. The van der Waals surface area contributed by atoms with Crippen molar-refractivity contribution in [2.45, 2.75) is 47.5 Å². The van der Waals surface area contributed by atoms with Crippen molar-refractivity contribution in [2.75, 3.05) is 0 Å². The van der Waals surface area contributed by atoms with E-state index in [1.54, 1.807) is 27.9 Å². The van der Waals surface area contributed by atoms with Crippen LogP contribution >= 0.6 is 24.8 Å². The summed E-state index contributed by atoms with van der Waals surface area (Å²) in [6.07, 6.45) is 2.51. The third-order valence-corrected chi connectivity index (χ3v) is 30.4. The SMILES string of the molecule is CC1=Cc2c(-c3ccccc3)cccc2[CH]1[Zr]([CH3])([CH3])(=[GeH2])[C]1=C(C)C(C)=C(C)C1C.Cl.Cl. The molecule has 4 heteroatoms. The van der Waals surface area contributed by atoms with E-state index in [1.165, 1.54) is 28.8 Å². The monoisotopic (exact) mass is 594 g/mol. The molecule has 0 radical (unpaired) electrons.